The SMILES string of the molecule is C[CH](C)[In].[H-].[H-]. The Labute approximate surface area is 45.1 Å². The van der Waals surface area contributed by atoms with Gasteiger partial charge in [-0.25, -0.2) is 0 Å². The van der Waals surface area contributed by atoms with E-state index in [1.165, 1.54) is 24.4 Å². The normalized spacial score (nSPS) is 8.75. The first-order valence-electron chi connectivity index (χ1n) is 1.49. The van der Waals surface area contributed by atoms with Crippen molar-refractivity contribution in [3.05, 3.63) is 0 Å². The van der Waals surface area contributed by atoms with E-state index < -0.39 is 0 Å². The van der Waals surface area contributed by atoms with Crippen LogP contribution in [0.1, 0.15) is 16.7 Å². The van der Waals surface area contributed by atoms with Crippen molar-refractivity contribution in [1.29, 1.82) is 0 Å². The van der Waals surface area contributed by atoms with E-state index in [1.54, 1.807) is 0 Å². The van der Waals surface area contributed by atoms with Crippen molar-refractivity contribution in [1.82, 2.24) is 0 Å². The molecule has 0 bridgehead atoms. The molecule has 0 aromatic heterocycles. The molecule has 26 valence electrons. The van der Waals surface area contributed by atoms with Crippen molar-refractivity contribution in [2.45, 2.75) is 17.5 Å². The zero-order valence-corrected chi connectivity index (χ0v) is 6.45. The van der Waals surface area contributed by atoms with Gasteiger partial charge >= 0.3 is 41.9 Å². The van der Waals surface area contributed by atoms with Gasteiger partial charge < -0.3 is 2.85 Å². The van der Waals surface area contributed by atoms with Gasteiger partial charge in [0.05, 0.1) is 0 Å². The first kappa shape index (κ1) is 4.87. The molecule has 0 nitrogen and oxygen atoms in total. The molecular formula is C3H9In-2. The van der Waals surface area contributed by atoms with Crippen molar-refractivity contribution in [3.8, 4) is 0 Å². The monoisotopic (exact) mass is 160 g/mol. The second kappa shape index (κ2) is 2.13. The topological polar surface area (TPSA) is 0 Å². The van der Waals surface area contributed by atoms with Crippen LogP contribution in [-0.2, 0) is 0 Å². The fourth-order valence-corrected chi connectivity index (χ4v) is 0. The summed E-state index contributed by atoms with van der Waals surface area (Å²) < 4.78 is 0.963. The van der Waals surface area contributed by atoms with E-state index in [4.69, 9.17) is 0 Å². The van der Waals surface area contributed by atoms with E-state index >= 15 is 0 Å². The maximum atomic E-state index is 2.22. The van der Waals surface area contributed by atoms with Crippen molar-refractivity contribution in [2.24, 2.45) is 0 Å². The molecule has 0 saturated carbocycles. The quantitative estimate of drug-likeness (QED) is 0.499. The van der Waals surface area contributed by atoms with Crippen LogP contribution in [0.25, 0.3) is 0 Å². The summed E-state index contributed by atoms with van der Waals surface area (Å²) in [5, 5.41) is 0. The average Bonchev–Trinajstić information content (AvgIpc) is 0.811. The van der Waals surface area contributed by atoms with E-state index in [-0.39, 0.29) is 2.85 Å². The molecule has 0 fully saturated rings. The third-order valence-corrected chi connectivity index (χ3v) is 0. The zero-order chi connectivity index (χ0) is 3.58. The summed E-state index contributed by atoms with van der Waals surface area (Å²) in [6, 6.07) is 0. The number of hydrogen-bond donors (Lipinski definition) is 0. The molecule has 0 rings (SSSR count). The zero-order valence-electron chi connectivity index (χ0n) is 5.15. The molecule has 0 aliphatic heterocycles. The molecule has 1 heteroatoms. The maximum Gasteiger partial charge on any atom is -1.00 e. The van der Waals surface area contributed by atoms with Crippen LogP contribution < -0.4 is 0 Å². The van der Waals surface area contributed by atoms with Crippen molar-refractivity contribution in [2.75, 3.05) is 0 Å². The summed E-state index contributed by atoms with van der Waals surface area (Å²) in [5.74, 6) is 0. The molecule has 0 unspecified atom stereocenters. The van der Waals surface area contributed by atoms with Gasteiger partial charge in [-0.05, 0) is 0 Å². The largest absolute Gasteiger partial charge is 1.00 e. The Bertz CT molecular complexity index is 13.5. The van der Waals surface area contributed by atoms with Gasteiger partial charge in [-0.15, -0.1) is 0 Å². The molecule has 0 heterocycles. The van der Waals surface area contributed by atoms with E-state index in [1.807, 2.05) is 0 Å². The van der Waals surface area contributed by atoms with Gasteiger partial charge in [0.1, 0.15) is 0 Å². The molecule has 0 aliphatic carbocycles. The second-order valence-electron chi connectivity index (χ2n) is 1.24. The predicted octanol–water partition coefficient (Wildman–Crippen LogP) is 1.21. The molecule has 0 aromatic carbocycles. The Hall–Kier alpha value is 0.870. The molecular weight excluding hydrogens is 151 g/mol. The van der Waals surface area contributed by atoms with Gasteiger partial charge in [0.15, 0.2) is 0 Å². The molecule has 0 atom stereocenters. The summed E-state index contributed by atoms with van der Waals surface area (Å²) in [6.07, 6.45) is 0. The van der Waals surface area contributed by atoms with Crippen LogP contribution in [0, 0.1) is 0 Å². The Morgan fingerprint density at radius 1 is 1.75 bits per heavy atom. The van der Waals surface area contributed by atoms with Crippen LogP contribution in [0.4, 0.5) is 0 Å². The molecule has 0 N–H and O–H groups in total. The minimum Gasteiger partial charge on any atom is -1.00 e. The molecule has 4 heavy (non-hydrogen) atoms. The van der Waals surface area contributed by atoms with Gasteiger partial charge in [-0.2, -0.15) is 0 Å². The summed E-state index contributed by atoms with van der Waals surface area (Å²) in [4.78, 5) is 0. The van der Waals surface area contributed by atoms with Crippen molar-refractivity contribution < 1.29 is 2.85 Å². The second-order valence-corrected chi connectivity index (χ2v) is 5.05. The van der Waals surface area contributed by atoms with Gasteiger partial charge in [-0.3, -0.25) is 0 Å². The summed E-state index contributed by atoms with van der Waals surface area (Å²) in [7, 11) is 0. The number of rotatable bonds is 0. The maximum absolute atomic E-state index is 2.22. The molecule has 0 aliphatic rings. The molecule has 0 spiro atoms. The minimum absolute atomic E-state index is 0. The Morgan fingerprint density at radius 2 is 1.75 bits per heavy atom. The average molecular weight is 160 g/mol. The van der Waals surface area contributed by atoms with Crippen LogP contribution in [0.3, 0.4) is 0 Å². The summed E-state index contributed by atoms with van der Waals surface area (Å²) in [5.41, 5.74) is 0. The van der Waals surface area contributed by atoms with Crippen LogP contribution in [0.5, 0.6) is 0 Å². The predicted molar refractivity (Wildman–Crippen MR) is 23.1 cm³/mol. The van der Waals surface area contributed by atoms with Gasteiger partial charge in [0.25, 0.3) is 0 Å². The third-order valence-electron chi connectivity index (χ3n) is 0. The summed E-state index contributed by atoms with van der Waals surface area (Å²) in [6.45, 7) is 4.45. The smallest absolute Gasteiger partial charge is 1.00 e. The number of hydrogen-bond acceptors (Lipinski definition) is 0. The van der Waals surface area contributed by atoms with E-state index in [0.717, 1.165) is 3.67 Å². The van der Waals surface area contributed by atoms with Crippen LogP contribution in [-0.4, -0.2) is 24.4 Å². The van der Waals surface area contributed by atoms with Crippen LogP contribution >= 0.6 is 0 Å². The first-order chi connectivity index (χ1) is 1.73. The van der Waals surface area contributed by atoms with Crippen molar-refractivity contribution >= 4 is 24.4 Å². The van der Waals surface area contributed by atoms with Crippen LogP contribution in [0.15, 0.2) is 0 Å². The summed E-state index contributed by atoms with van der Waals surface area (Å²) >= 11 is 1.40. The Balaban J connectivity index is -0.0000000450. The molecule has 0 amide bonds. The van der Waals surface area contributed by atoms with E-state index in [0.29, 0.717) is 0 Å². The van der Waals surface area contributed by atoms with Crippen LogP contribution in [0.2, 0.25) is 3.67 Å². The minimum atomic E-state index is 0. The van der Waals surface area contributed by atoms with Crippen molar-refractivity contribution in [3.63, 3.8) is 0 Å². The Kier molecular flexibility index (Phi) is 2.59. The molecule has 2 radical (unpaired) electrons. The van der Waals surface area contributed by atoms with Gasteiger partial charge in [0.2, 0.25) is 0 Å². The first-order valence-corrected chi connectivity index (χ1v) is 3.39. The van der Waals surface area contributed by atoms with Gasteiger partial charge in [-0.1, -0.05) is 0 Å². The standard InChI is InChI=1S/C3H7.In.2H/c1-3-2;;;/h3H,1-2H3;;;/q;;2*-1. The van der Waals surface area contributed by atoms with E-state index in [2.05, 4.69) is 13.8 Å². The van der Waals surface area contributed by atoms with Gasteiger partial charge in [0, 0.05) is 0 Å². The molecule has 0 saturated heterocycles. The third kappa shape index (κ3) is 13.3. The fraction of sp³-hybridized carbons (Fsp3) is 1.00. The van der Waals surface area contributed by atoms with E-state index in [9.17, 15) is 0 Å². The molecule has 0 aromatic rings. The fourth-order valence-electron chi connectivity index (χ4n) is 0. The Morgan fingerprint density at radius 3 is 1.75 bits per heavy atom.